The summed E-state index contributed by atoms with van der Waals surface area (Å²) >= 11 is 0. The van der Waals surface area contributed by atoms with Gasteiger partial charge in [-0.25, -0.2) is 8.42 Å². The van der Waals surface area contributed by atoms with E-state index >= 15 is 0 Å². The van der Waals surface area contributed by atoms with Crippen molar-refractivity contribution in [2.24, 2.45) is 0 Å². The summed E-state index contributed by atoms with van der Waals surface area (Å²) in [7, 11) is -0.824. The Hall–Kier alpha value is -3.52. The minimum atomic E-state index is -3.86. The molecule has 0 unspecified atom stereocenters. The smallest absolute Gasteiger partial charge is 0.264 e. The molecule has 1 N–H and O–H groups in total. The number of anilines is 3. The molecule has 3 aromatic carbocycles. The number of para-hydroxylation sites is 2. The van der Waals surface area contributed by atoms with Crippen molar-refractivity contribution in [2.75, 3.05) is 41.8 Å². The van der Waals surface area contributed by atoms with Crippen LogP contribution >= 0.6 is 0 Å². The summed E-state index contributed by atoms with van der Waals surface area (Å²) in [5.41, 5.74) is 2.46. The normalized spacial score (nSPS) is 13.6. The van der Waals surface area contributed by atoms with Crippen LogP contribution in [0.5, 0.6) is 5.75 Å². The SMILES string of the molecule is COc1ccc(N(C)S(=O)(=O)c2cccc(C(=O)Nc3ccccc3N3CCCC3)c2)cc1. The maximum Gasteiger partial charge on any atom is 0.264 e. The third-order valence-electron chi connectivity index (χ3n) is 5.79. The Kier molecular flexibility index (Phi) is 6.55. The molecule has 1 heterocycles. The monoisotopic (exact) mass is 465 g/mol. The Balaban J connectivity index is 1.57. The Morgan fingerprint density at radius 1 is 0.970 bits per heavy atom. The molecule has 0 aliphatic carbocycles. The molecule has 0 bridgehead atoms. The van der Waals surface area contributed by atoms with E-state index in [1.54, 1.807) is 43.5 Å². The van der Waals surface area contributed by atoms with Gasteiger partial charge in [-0.1, -0.05) is 18.2 Å². The van der Waals surface area contributed by atoms with Crippen molar-refractivity contribution < 1.29 is 17.9 Å². The van der Waals surface area contributed by atoms with Crippen LogP contribution in [0.15, 0.2) is 77.7 Å². The number of amides is 1. The lowest BCUT2D eigenvalue weighted by molar-refractivity contribution is 0.102. The van der Waals surface area contributed by atoms with Gasteiger partial charge in [-0.2, -0.15) is 0 Å². The van der Waals surface area contributed by atoms with E-state index < -0.39 is 10.0 Å². The van der Waals surface area contributed by atoms with Crippen molar-refractivity contribution in [3.63, 3.8) is 0 Å². The topological polar surface area (TPSA) is 78.9 Å². The second-order valence-corrected chi connectivity index (χ2v) is 9.83. The van der Waals surface area contributed by atoms with Crippen molar-refractivity contribution in [3.05, 3.63) is 78.4 Å². The van der Waals surface area contributed by atoms with Crippen LogP contribution in [0.1, 0.15) is 23.2 Å². The van der Waals surface area contributed by atoms with Gasteiger partial charge in [0.05, 0.1) is 29.1 Å². The highest BCUT2D eigenvalue weighted by atomic mass is 32.2. The Bertz CT molecular complexity index is 1240. The molecule has 0 atom stereocenters. The van der Waals surface area contributed by atoms with Gasteiger partial charge in [-0.3, -0.25) is 9.10 Å². The fraction of sp³-hybridized carbons (Fsp3) is 0.240. The first kappa shape index (κ1) is 22.7. The summed E-state index contributed by atoms with van der Waals surface area (Å²) < 4.78 is 32.7. The number of nitrogens with zero attached hydrogens (tertiary/aromatic N) is 2. The van der Waals surface area contributed by atoms with Gasteiger partial charge in [-0.15, -0.1) is 0 Å². The van der Waals surface area contributed by atoms with Crippen molar-refractivity contribution >= 4 is 33.0 Å². The molecular weight excluding hydrogens is 438 g/mol. The molecule has 1 aliphatic rings. The highest BCUT2D eigenvalue weighted by molar-refractivity contribution is 7.92. The number of benzene rings is 3. The molecule has 4 rings (SSSR count). The van der Waals surface area contributed by atoms with E-state index in [1.807, 2.05) is 24.3 Å². The number of rotatable bonds is 7. The second-order valence-electron chi connectivity index (χ2n) is 7.86. The van der Waals surface area contributed by atoms with Gasteiger partial charge in [-0.05, 0) is 67.4 Å². The molecule has 0 aromatic heterocycles. The largest absolute Gasteiger partial charge is 0.497 e. The van der Waals surface area contributed by atoms with Gasteiger partial charge in [0, 0.05) is 25.7 Å². The first-order valence-corrected chi connectivity index (χ1v) is 12.2. The molecule has 1 fully saturated rings. The van der Waals surface area contributed by atoms with E-state index in [4.69, 9.17) is 4.74 Å². The summed E-state index contributed by atoms with van der Waals surface area (Å²) in [5, 5.41) is 2.95. The van der Waals surface area contributed by atoms with Crippen molar-refractivity contribution in [2.45, 2.75) is 17.7 Å². The van der Waals surface area contributed by atoms with Gasteiger partial charge in [0.2, 0.25) is 0 Å². The Morgan fingerprint density at radius 3 is 2.36 bits per heavy atom. The summed E-state index contributed by atoms with van der Waals surface area (Å²) in [5.74, 6) is 0.281. The van der Waals surface area contributed by atoms with Crippen LogP contribution in [0.25, 0.3) is 0 Å². The molecule has 1 aliphatic heterocycles. The van der Waals surface area contributed by atoms with E-state index in [0.717, 1.165) is 31.6 Å². The van der Waals surface area contributed by atoms with E-state index in [-0.39, 0.29) is 16.4 Å². The fourth-order valence-corrected chi connectivity index (χ4v) is 5.14. The lowest BCUT2D eigenvalue weighted by Gasteiger charge is -2.22. The van der Waals surface area contributed by atoms with Gasteiger partial charge < -0.3 is 15.0 Å². The van der Waals surface area contributed by atoms with Gasteiger partial charge >= 0.3 is 0 Å². The second kappa shape index (κ2) is 9.54. The molecule has 1 amide bonds. The van der Waals surface area contributed by atoms with Crippen molar-refractivity contribution in [3.8, 4) is 5.75 Å². The number of hydrogen-bond donors (Lipinski definition) is 1. The van der Waals surface area contributed by atoms with E-state index in [1.165, 1.54) is 23.5 Å². The zero-order valence-corrected chi connectivity index (χ0v) is 19.5. The predicted molar refractivity (Wildman–Crippen MR) is 131 cm³/mol. The van der Waals surface area contributed by atoms with Crippen LogP contribution in [-0.4, -0.2) is 41.6 Å². The lowest BCUT2D eigenvalue weighted by atomic mass is 10.2. The average Bonchev–Trinajstić information content (AvgIpc) is 3.39. The first-order chi connectivity index (χ1) is 15.9. The van der Waals surface area contributed by atoms with Crippen LogP contribution in [0.3, 0.4) is 0 Å². The van der Waals surface area contributed by atoms with Crippen LogP contribution < -0.4 is 19.3 Å². The van der Waals surface area contributed by atoms with E-state index in [0.29, 0.717) is 17.1 Å². The van der Waals surface area contributed by atoms with Crippen LogP contribution in [0, 0.1) is 0 Å². The number of nitrogens with one attached hydrogen (secondary N) is 1. The molecule has 0 saturated carbocycles. The summed E-state index contributed by atoms with van der Waals surface area (Å²) in [4.78, 5) is 15.3. The van der Waals surface area contributed by atoms with E-state index in [2.05, 4.69) is 10.2 Å². The molecule has 1 saturated heterocycles. The fourth-order valence-electron chi connectivity index (χ4n) is 3.89. The predicted octanol–water partition coefficient (Wildman–Crippen LogP) is 4.37. The molecule has 172 valence electrons. The molecule has 3 aromatic rings. The van der Waals surface area contributed by atoms with Crippen molar-refractivity contribution in [1.82, 2.24) is 0 Å². The van der Waals surface area contributed by atoms with Crippen LogP contribution in [0.2, 0.25) is 0 Å². The minimum Gasteiger partial charge on any atom is -0.497 e. The standard InChI is InChI=1S/C25H27N3O4S/c1-27(20-12-14-21(32-2)15-13-20)33(30,31)22-9-7-8-19(18-22)25(29)26-23-10-3-4-11-24(23)28-16-5-6-17-28/h3-4,7-15,18H,5-6,16-17H2,1-2H3,(H,26,29). The molecule has 0 radical (unpaired) electrons. The summed E-state index contributed by atoms with van der Waals surface area (Å²) in [6, 6.07) is 20.5. The molecular formula is C25H27N3O4S. The minimum absolute atomic E-state index is 0.0429. The molecule has 0 spiro atoms. The van der Waals surface area contributed by atoms with Gasteiger partial charge in [0.15, 0.2) is 0 Å². The number of carbonyl (C=O) groups excluding carboxylic acids is 1. The van der Waals surface area contributed by atoms with Crippen LogP contribution in [0.4, 0.5) is 17.1 Å². The third-order valence-corrected chi connectivity index (χ3v) is 7.57. The average molecular weight is 466 g/mol. The number of sulfonamides is 1. The Labute approximate surface area is 194 Å². The Morgan fingerprint density at radius 2 is 1.67 bits per heavy atom. The van der Waals surface area contributed by atoms with Crippen molar-refractivity contribution in [1.29, 1.82) is 0 Å². The highest BCUT2D eigenvalue weighted by Gasteiger charge is 2.23. The number of methoxy groups -OCH3 is 1. The molecule has 8 heteroatoms. The van der Waals surface area contributed by atoms with E-state index in [9.17, 15) is 13.2 Å². The van der Waals surface area contributed by atoms with Gasteiger partial charge in [0.1, 0.15) is 5.75 Å². The zero-order chi connectivity index (χ0) is 23.4. The number of ether oxygens (including phenoxy) is 1. The lowest BCUT2D eigenvalue weighted by Crippen LogP contribution is -2.27. The van der Waals surface area contributed by atoms with Gasteiger partial charge in [0.25, 0.3) is 15.9 Å². The summed E-state index contributed by atoms with van der Waals surface area (Å²) in [6.07, 6.45) is 2.26. The number of hydrogen-bond acceptors (Lipinski definition) is 5. The molecule has 33 heavy (non-hydrogen) atoms. The quantitative estimate of drug-likeness (QED) is 0.561. The first-order valence-electron chi connectivity index (χ1n) is 10.8. The van der Waals surface area contributed by atoms with Crippen LogP contribution in [-0.2, 0) is 10.0 Å². The maximum absolute atomic E-state index is 13.2. The summed E-state index contributed by atoms with van der Waals surface area (Å²) in [6.45, 7) is 1.91. The highest BCUT2D eigenvalue weighted by Crippen LogP contribution is 2.29. The number of carbonyl (C=O) groups is 1. The maximum atomic E-state index is 13.2. The molecule has 7 nitrogen and oxygen atoms in total. The third kappa shape index (κ3) is 4.80. The zero-order valence-electron chi connectivity index (χ0n) is 18.7.